The number of nitrogens with two attached hydrogens (primary N) is 1. The molecule has 0 saturated heterocycles. The maximum Gasteiger partial charge on any atom is 0.212 e. The third-order valence-electron chi connectivity index (χ3n) is 2.97. The van der Waals surface area contributed by atoms with Crippen LogP contribution < -0.4 is 10.5 Å². The third kappa shape index (κ3) is 7.30. The first-order valence-corrected chi connectivity index (χ1v) is 10.8. The fourth-order valence-electron chi connectivity index (χ4n) is 1.53. The summed E-state index contributed by atoms with van der Waals surface area (Å²) < 4.78 is 37.4. The molecule has 0 aliphatic heterocycles. The van der Waals surface area contributed by atoms with Gasteiger partial charge < -0.3 is 5.73 Å². The second-order valence-electron chi connectivity index (χ2n) is 4.70. The molecule has 0 aliphatic carbocycles. The number of hydrogen-bond donors (Lipinski definition) is 2. The van der Waals surface area contributed by atoms with Crippen LogP contribution in [0.15, 0.2) is 29.2 Å². The number of para-hydroxylation sites is 1. The molecular formula is C13H22N2O3S3. The Morgan fingerprint density at radius 3 is 2.67 bits per heavy atom. The molecule has 0 radical (unpaired) electrons. The standard InChI is InChI=1S/C13H22N2O3S3/c1-11(20(2)16)7-8-15-21(17,18)10-9-19-13-6-4-3-5-12(13)14/h3-6,11,15H,7-10,14H2,1-2H3. The van der Waals surface area contributed by atoms with Crippen LogP contribution in [0.2, 0.25) is 0 Å². The summed E-state index contributed by atoms with van der Waals surface area (Å²) in [7, 11) is -4.22. The summed E-state index contributed by atoms with van der Waals surface area (Å²) in [6.07, 6.45) is 2.20. The second kappa shape index (κ2) is 8.77. The van der Waals surface area contributed by atoms with Crippen molar-refractivity contribution >= 4 is 38.3 Å². The lowest BCUT2D eigenvalue weighted by molar-refractivity contribution is 0.579. The molecule has 8 heteroatoms. The first kappa shape index (κ1) is 18.5. The third-order valence-corrected chi connectivity index (χ3v) is 7.07. The van der Waals surface area contributed by atoms with Crippen LogP contribution in [-0.2, 0) is 20.8 Å². The number of rotatable bonds is 9. The van der Waals surface area contributed by atoms with Crippen LogP contribution >= 0.6 is 11.8 Å². The molecule has 0 aromatic heterocycles. The Hall–Kier alpha value is -0.570. The Morgan fingerprint density at radius 1 is 1.38 bits per heavy atom. The molecule has 1 rings (SSSR count). The highest BCUT2D eigenvalue weighted by molar-refractivity contribution is 8.00. The number of hydrogen-bond acceptors (Lipinski definition) is 5. The van der Waals surface area contributed by atoms with Gasteiger partial charge in [0.15, 0.2) is 0 Å². The molecule has 0 saturated carbocycles. The van der Waals surface area contributed by atoms with E-state index in [-0.39, 0.29) is 11.0 Å². The van der Waals surface area contributed by atoms with Gasteiger partial charge in [-0.15, -0.1) is 11.8 Å². The maximum absolute atomic E-state index is 11.8. The lowest BCUT2D eigenvalue weighted by atomic mass is 10.3. The van der Waals surface area contributed by atoms with Crippen LogP contribution in [0.25, 0.3) is 0 Å². The molecule has 0 amide bonds. The van der Waals surface area contributed by atoms with Crippen LogP contribution in [0.5, 0.6) is 0 Å². The van der Waals surface area contributed by atoms with E-state index in [0.29, 0.717) is 24.4 Å². The Balaban J connectivity index is 2.33. The van der Waals surface area contributed by atoms with Crippen molar-refractivity contribution in [3.63, 3.8) is 0 Å². The van der Waals surface area contributed by atoms with Gasteiger partial charge in [0.05, 0.1) is 5.75 Å². The Morgan fingerprint density at radius 2 is 2.05 bits per heavy atom. The number of thioether (sulfide) groups is 1. The van der Waals surface area contributed by atoms with Gasteiger partial charge in [0.25, 0.3) is 0 Å². The first-order chi connectivity index (χ1) is 9.82. The minimum atomic E-state index is -3.30. The summed E-state index contributed by atoms with van der Waals surface area (Å²) in [5, 5.41) is -0.00816. The van der Waals surface area contributed by atoms with E-state index in [1.54, 1.807) is 12.3 Å². The quantitative estimate of drug-likeness (QED) is 0.519. The Labute approximate surface area is 133 Å². The van der Waals surface area contributed by atoms with Crippen molar-refractivity contribution in [1.29, 1.82) is 0 Å². The number of nitrogens with one attached hydrogen (secondary N) is 1. The summed E-state index contributed by atoms with van der Waals surface area (Å²) in [5.41, 5.74) is 6.46. The first-order valence-electron chi connectivity index (χ1n) is 6.58. The molecule has 0 fully saturated rings. The van der Waals surface area contributed by atoms with E-state index in [1.165, 1.54) is 11.8 Å². The smallest absolute Gasteiger partial charge is 0.212 e. The van der Waals surface area contributed by atoms with Gasteiger partial charge in [0.1, 0.15) is 0 Å². The zero-order chi connectivity index (χ0) is 15.9. The van der Waals surface area contributed by atoms with Gasteiger partial charge in [-0.3, -0.25) is 4.21 Å². The Bertz CT molecular complexity index is 576. The summed E-state index contributed by atoms with van der Waals surface area (Å²) in [5.74, 6) is 0.481. The molecule has 120 valence electrons. The molecule has 2 atom stereocenters. The number of anilines is 1. The zero-order valence-electron chi connectivity index (χ0n) is 12.2. The van der Waals surface area contributed by atoms with Crippen molar-refractivity contribution < 1.29 is 12.6 Å². The van der Waals surface area contributed by atoms with Gasteiger partial charge in [-0.05, 0) is 18.6 Å². The van der Waals surface area contributed by atoms with Crippen molar-refractivity contribution in [3.05, 3.63) is 24.3 Å². The highest BCUT2D eigenvalue weighted by Gasteiger charge is 2.12. The minimum Gasteiger partial charge on any atom is -0.398 e. The summed E-state index contributed by atoms with van der Waals surface area (Å²) >= 11 is 1.43. The normalized spacial score (nSPS) is 14.8. The van der Waals surface area contributed by atoms with E-state index >= 15 is 0 Å². The zero-order valence-corrected chi connectivity index (χ0v) is 14.7. The Kier molecular flexibility index (Phi) is 7.72. The van der Waals surface area contributed by atoms with Crippen LogP contribution in [0.1, 0.15) is 13.3 Å². The van der Waals surface area contributed by atoms with Gasteiger partial charge in [0.2, 0.25) is 10.0 Å². The van der Waals surface area contributed by atoms with Crippen LogP contribution in [-0.4, -0.2) is 42.2 Å². The molecule has 0 bridgehead atoms. The molecule has 0 aliphatic rings. The van der Waals surface area contributed by atoms with Crippen molar-refractivity contribution in [3.8, 4) is 0 Å². The van der Waals surface area contributed by atoms with Gasteiger partial charge in [-0.25, -0.2) is 13.1 Å². The number of nitrogen functional groups attached to an aromatic ring is 1. The fraction of sp³-hybridized carbons (Fsp3) is 0.538. The average molecular weight is 351 g/mol. The molecule has 21 heavy (non-hydrogen) atoms. The predicted molar refractivity (Wildman–Crippen MR) is 91.5 cm³/mol. The maximum atomic E-state index is 11.8. The van der Waals surface area contributed by atoms with Crippen LogP contribution in [0.3, 0.4) is 0 Å². The molecule has 1 aromatic carbocycles. The largest absolute Gasteiger partial charge is 0.398 e. The minimum absolute atomic E-state index is 0.00816. The van der Waals surface area contributed by atoms with Crippen LogP contribution in [0.4, 0.5) is 5.69 Å². The van der Waals surface area contributed by atoms with E-state index in [2.05, 4.69) is 4.72 Å². The lowest BCUT2D eigenvalue weighted by Crippen LogP contribution is -2.30. The summed E-state index contributed by atoms with van der Waals surface area (Å²) in [4.78, 5) is 0.891. The number of benzene rings is 1. The van der Waals surface area contributed by atoms with Gasteiger partial charge in [-0.1, -0.05) is 19.1 Å². The molecular weight excluding hydrogens is 328 g/mol. The molecule has 1 aromatic rings. The van der Waals surface area contributed by atoms with Crippen molar-refractivity contribution in [1.82, 2.24) is 4.72 Å². The van der Waals surface area contributed by atoms with Crippen molar-refractivity contribution in [2.24, 2.45) is 0 Å². The SMILES string of the molecule is CC(CCNS(=O)(=O)CCSc1ccccc1N)S(C)=O. The van der Waals surface area contributed by atoms with Crippen LogP contribution in [0, 0.1) is 0 Å². The number of sulfonamides is 1. The molecule has 5 nitrogen and oxygen atoms in total. The van der Waals surface area contributed by atoms with E-state index in [4.69, 9.17) is 5.73 Å². The average Bonchev–Trinajstić information content (AvgIpc) is 2.40. The second-order valence-corrected chi connectivity index (χ2v) is 9.56. The molecule has 3 N–H and O–H groups in total. The highest BCUT2D eigenvalue weighted by atomic mass is 32.2. The van der Waals surface area contributed by atoms with Gasteiger partial charge in [0, 0.05) is 45.2 Å². The summed E-state index contributed by atoms with van der Waals surface area (Å²) in [6, 6.07) is 7.38. The van der Waals surface area contributed by atoms with Crippen molar-refractivity contribution in [2.75, 3.05) is 30.0 Å². The van der Waals surface area contributed by atoms with Gasteiger partial charge in [-0.2, -0.15) is 0 Å². The van der Waals surface area contributed by atoms with E-state index in [0.717, 1.165) is 4.90 Å². The van der Waals surface area contributed by atoms with E-state index in [9.17, 15) is 12.6 Å². The van der Waals surface area contributed by atoms with E-state index in [1.807, 2.05) is 25.1 Å². The molecule has 0 heterocycles. The predicted octanol–water partition coefficient (Wildman–Crippen LogP) is 1.44. The topological polar surface area (TPSA) is 89.3 Å². The lowest BCUT2D eigenvalue weighted by Gasteiger charge is -2.10. The van der Waals surface area contributed by atoms with E-state index < -0.39 is 20.8 Å². The fourth-order valence-corrected chi connectivity index (χ4v) is 4.39. The van der Waals surface area contributed by atoms with Crippen molar-refractivity contribution in [2.45, 2.75) is 23.5 Å². The van der Waals surface area contributed by atoms with Gasteiger partial charge >= 0.3 is 0 Å². The highest BCUT2D eigenvalue weighted by Crippen LogP contribution is 2.24. The monoisotopic (exact) mass is 350 g/mol. The molecule has 2 unspecified atom stereocenters. The summed E-state index contributed by atoms with van der Waals surface area (Å²) in [6.45, 7) is 2.17. The molecule has 0 spiro atoms.